The monoisotopic (exact) mass is 296 g/mol. The summed E-state index contributed by atoms with van der Waals surface area (Å²) in [5.41, 5.74) is 7.48. The lowest BCUT2D eigenvalue weighted by Crippen LogP contribution is -1.99. The van der Waals surface area contributed by atoms with Gasteiger partial charge in [0.2, 0.25) is 0 Å². The third-order valence-electron chi connectivity index (χ3n) is 2.29. The fraction of sp³-hybridized carbons (Fsp3) is 0.250. The average Bonchev–Trinajstić information content (AvgIpc) is 2.74. The summed E-state index contributed by atoms with van der Waals surface area (Å²) in [5, 5.41) is 3.79. The highest BCUT2D eigenvalue weighted by Crippen LogP contribution is 2.22. The van der Waals surface area contributed by atoms with Gasteiger partial charge in [0.1, 0.15) is 12.4 Å². The fourth-order valence-electron chi connectivity index (χ4n) is 1.44. The molecule has 0 radical (unpaired) electrons. The number of halogens is 1. The van der Waals surface area contributed by atoms with E-state index in [4.69, 9.17) is 15.0 Å². The topological polar surface area (TPSA) is 61.3 Å². The van der Waals surface area contributed by atoms with Crippen molar-refractivity contribution in [2.45, 2.75) is 20.1 Å². The van der Waals surface area contributed by atoms with Crippen LogP contribution in [0.4, 0.5) is 0 Å². The number of ether oxygens (including phenoxy) is 1. The molecule has 1 aromatic heterocycles. The van der Waals surface area contributed by atoms with Crippen LogP contribution in [0.25, 0.3) is 0 Å². The molecule has 17 heavy (non-hydrogen) atoms. The van der Waals surface area contributed by atoms with Gasteiger partial charge in [-0.25, -0.2) is 0 Å². The third kappa shape index (κ3) is 3.08. The SMILES string of the molecule is Cc1cc(COc2ccc(Br)c(CN)c2)on1. The Kier molecular flexibility index (Phi) is 3.81. The van der Waals surface area contributed by atoms with Gasteiger partial charge in [0.15, 0.2) is 5.76 Å². The fourth-order valence-corrected chi connectivity index (χ4v) is 1.84. The van der Waals surface area contributed by atoms with E-state index in [1.54, 1.807) is 0 Å². The molecule has 0 aliphatic heterocycles. The van der Waals surface area contributed by atoms with E-state index in [-0.39, 0.29) is 0 Å². The van der Waals surface area contributed by atoms with Crippen molar-refractivity contribution in [3.8, 4) is 5.75 Å². The summed E-state index contributed by atoms with van der Waals surface area (Å²) in [6.45, 7) is 2.71. The van der Waals surface area contributed by atoms with E-state index >= 15 is 0 Å². The van der Waals surface area contributed by atoms with Crippen LogP contribution in [0.3, 0.4) is 0 Å². The Bertz CT molecular complexity index is 511. The van der Waals surface area contributed by atoms with Crippen LogP contribution in [0.2, 0.25) is 0 Å². The number of hydrogen-bond donors (Lipinski definition) is 1. The van der Waals surface area contributed by atoms with Crippen LogP contribution in [0, 0.1) is 6.92 Å². The van der Waals surface area contributed by atoms with Gasteiger partial charge >= 0.3 is 0 Å². The molecule has 0 unspecified atom stereocenters. The molecule has 0 spiro atoms. The van der Waals surface area contributed by atoms with E-state index in [9.17, 15) is 0 Å². The Hall–Kier alpha value is -1.33. The summed E-state index contributed by atoms with van der Waals surface area (Å²) < 4.78 is 11.6. The Morgan fingerprint density at radius 3 is 2.88 bits per heavy atom. The predicted octanol–water partition coefficient (Wildman–Crippen LogP) is 2.78. The minimum Gasteiger partial charge on any atom is -0.486 e. The van der Waals surface area contributed by atoms with Gasteiger partial charge in [0.05, 0.1) is 5.69 Å². The molecule has 0 aliphatic carbocycles. The normalized spacial score (nSPS) is 10.5. The second kappa shape index (κ2) is 5.33. The van der Waals surface area contributed by atoms with Crippen molar-refractivity contribution in [2.75, 3.05) is 0 Å². The molecule has 0 saturated heterocycles. The molecule has 5 heteroatoms. The Labute approximate surface area is 108 Å². The minimum atomic E-state index is 0.368. The molecular formula is C12H13BrN2O2. The van der Waals surface area contributed by atoms with Crippen LogP contribution in [-0.2, 0) is 13.2 Å². The van der Waals surface area contributed by atoms with Crippen LogP contribution in [0.5, 0.6) is 5.75 Å². The predicted molar refractivity (Wildman–Crippen MR) is 67.6 cm³/mol. The van der Waals surface area contributed by atoms with Crippen molar-refractivity contribution >= 4 is 15.9 Å². The summed E-state index contributed by atoms with van der Waals surface area (Å²) >= 11 is 3.43. The molecule has 90 valence electrons. The first-order valence-corrected chi connectivity index (χ1v) is 6.02. The van der Waals surface area contributed by atoms with Gasteiger partial charge in [-0.2, -0.15) is 0 Å². The molecule has 1 heterocycles. The largest absolute Gasteiger partial charge is 0.486 e. The van der Waals surface area contributed by atoms with E-state index in [0.717, 1.165) is 21.5 Å². The van der Waals surface area contributed by atoms with Crippen LogP contribution in [0.15, 0.2) is 33.3 Å². The molecule has 0 fully saturated rings. The molecule has 2 N–H and O–H groups in total. The molecule has 0 bridgehead atoms. The Morgan fingerprint density at radius 2 is 2.24 bits per heavy atom. The van der Waals surface area contributed by atoms with Crippen molar-refractivity contribution in [3.05, 3.63) is 45.8 Å². The lowest BCUT2D eigenvalue weighted by molar-refractivity contribution is 0.248. The van der Waals surface area contributed by atoms with E-state index in [1.165, 1.54) is 0 Å². The zero-order chi connectivity index (χ0) is 12.3. The second-order valence-electron chi connectivity index (χ2n) is 3.68. The maximum atomic E-state index is 5.62. The lowest BCUT2D eigenvalue weighted by atomic mass is 10.2. The first-order chi connectivity index (χ1) is 8.19. The number of benzene rings is 1. The summed E-state index contributed by atoms with van der Waals surface area (Å²) in [7, 11) is 0. The van der Waals surface area contributed by atoms with Crippen LogP contribution in [-0.4, -0.2) is 5.16 Å². The van der Waals surface area contributed by atoms with E-state index < -0.39 is 0 Å². The third-order valence-corrected chi connectivity index (χ3v) is 3.07. The van der Waals surface area contributed by atoms with Crippen molar-refractivity contribution < 1.29 is 9.26 Å². The number of rotatable bonds is 4. The van der Waals surface area contributed by atoms with Crippen molar-refractivity contribution in [1.29, 1.82) is 0 Å². The van der Waals surface area contributed by atoms with Crippen molar-refractivity contribution in [2.24, 2.45) is 5.73 Å². The number of aryl methyl sites for hydroxylation is 1. The van der Waals surface area contributed by atoms with Gasteiger partial charge in [-0.15, -0.1) is 0 Å². The number of nitrogens with two attached hydrogens (primary N) is 1. The molecule has 0 amide bonds. The average molecular weight is 297 g/mol. The number of hydrogen-bond acceptors (Lipinski definition) is 4. The zero-order valence-electron chi connectivity index (χ0n) is 9.44. The lowest BCUT2D eigenvalue weighted by Gasteiger charge is -2.07. The minimum absolute atomic E-state index is 0.368. The highest BCUT2D eigenvalue weighted by Gasteiger charge is 2.04. The number of nitrogens with zero attached hydrogens (tertiary/aromatic N) is 1. The van der Waals surface area contributed by atoms with Gasteiger partial charge in [0, 0.05) is 17.1 Å². The first-order valence-electron chi connectivity index (χ1n) is 5.22. The molecular weight excluding hydrogens is 284 g/mol. The molecule has 2 rings (SSSR count). The molecule has 0 aliphatic rings. The highest BCUT2D eigenvalue weighted by molar-refractivity contribution is 9.10. The molecule has 4 nitrogen and oxygen atoms in total. The first kappa shape index (κ1) is 12.1. The summed E-state index contributed by atoms with van der Waals surface area (Å²) in [5.74, 6) is 1.47. The van der Waals surface area contributed by atoms with Gasteiger partial charge in [-0.05, 0) is 30.7 Å². The summed E-state index contributed by atoms with van der Waals surface area (Å²) in [6, 6.07) is 7.56. The second-order valence-corrected chi connectivity index (χ2v) is 4.53. The quantitative estimate of drug-likeness (QED) is 0.942. The smallest absolute Gasteiger partial charge is 0.174 e. The van der Waals surface area contributed by atoms with Gasteiger partial charge < -0.3 is 15.0 Å². The number of aromatic nitrogens is 1. The Morgan fingerprint density at radius 1 is 1.41 bits per heavy atom. The van der Waals surface area contributed by atoms with E-state index in [2.05, 4.69) is 21.1 Å². The highest BCUT2D eigenvalue weighted by atomic mass is 79.9. The molecule has 1 aromatic carbocycles. The van der Waals surface area contributed by atoms with Crippen LogP contribution in [0.1, 0.15) is 17.0 Å². The maximum absolute atomic E-state index is 5.62. The summed E-state index contributed by atoms with van der Waals surface area (Å²) in [6.07, 6.45) is 0. The molecule has 0 atom stereocenters. The Balaban J connectivity index is 2.04. The standard InChI is InChI=1S/C12H13BrN2O2/c1-8-4-11(17-15-8)7-16-10-2-3-12(13)9(5-10)6-14/h2-5H,6-7,14H2,1H3. The van der Waals surface area contributed by atoms with Crippen molar-refractivity contribution in [3.63, 3.8) is 0 Å². The van der Waals surface area contributed by atoms with Crippen molar-refractivity contribution in [1.82, 2.24) is 5.16 Å². The van der Waals surface area contributed by atoms with Gasteiger partial charge in [-0.1, -0.05) is 21.1 Å². The van der Waals surface area contributed by atoms with Crippen LogP contribution >= 0.6 is 15.9 Å². The van der Waals surface area contributed by atoms with Crippen LogP contribution < -0.4 is 10.5 Å². The van der Waals surface area contributed by atoms with Gasteiger partial charge in [-0.3, -0.25) is 0 Å². The zero-order valence-corrected chi connectivity index (χ0v) is 11.0. The van der Waals surface area contributed by atoms with Gasteiger partial charge in [0.25, 0.3) is 0 Å². The van der Waals surface area contributed by atoms with E-state index in [0.29, 0.717) is 18.9 Å². The van der Waals surface area contributed by atoms with E-state index in [1.807, 2.05) is 31.2 Å². The molecule has 0 saturated carbocycles. The summed E-state index contributed by atoms with van der Waals surface area (Å²) in [4.78, 5) is 0. The maximum Gasteiger partial charge on any atom is 0.174 e. The molecule has 2 aromatic rings.